The summed E-state index contributed by atoms with van der Waals surface area (Å²) in [5, 5.41) is 17.5. The number of nitrogens with two attached hydrogens (primary N) is 3. The molecule has 1 aromatic carbocycles. The molecule has 224 valence electrons. The van der Waals surface area contributed by atoms with Crippen LogP contribution in [0.5, 0.6) is 0 Å². The summed E-state index contributed by atoms with van der Waals surface area (Å²) < 4.78 is 0. The average molecular weight is 572 g/mol. The summed E-state index contributed by atoms with van der Waals surface area (Å²) in [6, 6.07) is 5.00. The normalized spacial score (nSPS) is 13.9. The predicted octanol–water partition coefficient (Wildman–Crippen LogP) is -0.839. The van der Waals surface area contributed by atoms with Crippen molar-refractivity contribution in [1.82, 2.24) is 25.9 Å². The summed E-state index contributed by atoms with van der Waals surface area (Å²) in [5.41, 5.74) is 18.1. The molecule has 1 aromatic heterocycles. The number of aliphatic imine (C=N–C) groups is 1. The van der Waals surface area contributed by atoms with Gasteiger partial charge in [0.15, 0.2) is 5.96 Å². The van der Waals surface area contributed by atoms with Gasteiger partial charge in [0.1, 0.15) is 18.1 Å². The van der Waals surface area contributed by atoms with Crippen molar-refractivity contribution in [3.63, 3.8) is 0 Å². The van der Waals surface area contributed by atoms with E-state index in [9.17, 15) is 24.3 Å². The molecule has 14 nitrogen and oxygen atoms in total. The highest BCUT2D eigenvalue weighted by Gasteiger charge is 2.31. The number of aliphatic carboxylic acids is 1. The number of H-pyrrole nitrogens is 1. The van der Waals surface area contributed by atoms with Crippen LogP contribution in [0, 0.1) is 5.92 Å². The van der Waals surface area contributed by atoms with Gasteiger partial charge in [0.25, 0.3) is 0 Å². The van der Waals surface area contributed by atoms with Crippen LogP contribution >= 0.6 is 0 Å². The Morgan fingerprint density at radius 3 is 2.17 bits per heavy atom. The second-order valence-corrected chi connectivity index (χ2v) is 10.2. The van der Waals surface area contributed by atoms with Crippen molar-refractivity contribution in [2.45, 2.75) is 70.1 Å². The van der Waals surface area contributed by atoms with Gasteiger partial charge in [-0.15, -0.1) is 0 Å². The molecule has 0 saturated heterocycles. The molecule has 0 aliphatic carbocycles. The fourth-order valence-electron chi connectivity index (χ4n) is 4.07. The van der Waals surface area contributed by atoms with Crippen molar-refractivity contribution in [1.29, 1.82) is 0 Å². The third kappa shape index (κ3) is 12.1. The number of aromatic amines is 1. The maximum absolute atomic E-state index is 13.4. The molecule has 4 atom stereocenters. The molecule has 3 amide bonds. The van der Waals surface area contributed by atoms with E-state index in [-0.39, 0.29) is 44.1 Å². The smallest absolute Gasteiger partial charge is 0.326 e. The minimum Gasteiger partial charge on any atom is -0.480 e. The number of hydrogen-bond acceptors (Lipinski definition) is 7. The Bertz CT molecular complexity index is 1150. The zero-order chi connectivity index (χ0) is 30.4. The maximum Gasteiger partial charge on any atom is 0.326 e. The molecular formula is C27H41N9O5. The van der Waals surface area contributed by atoms with Crippen LogP contribution < -0.4 is 33.2 Å². The Labute approximate surface area is 238 Å². The SMILES string of the molecule is CC(C)CC(NC(=O)C(N)Cc1ccccc1)C(=O)NC(Cc1cnc[nH]1)C(=O)NC(CCCN=C(N)N)C(=O)O. The van der Waals surface area contributed by atoms with Gasteiger partial charge in [-0.3, -0.25) is 19.4 Å². The number of imidazole rings is 1. The molecule has 0 bridgehead atoms. The van der Waals surface area contributed by atoms with Crippen LogP contribution in [0.3, 0.4) is 0 Å². The van der Waals surface area contributed by atoms with E-state index in [4.69, 9.17) is 17.2 Å². The van der Waals surface area contributed by atoms with Crippen LogP contribution in [-0.4, -0.2) is 75.4 Å². The quantitative estimate of drug-likeness (QED) is 0.0669. The molecule has 4 unspecified atom stereocenters. The minimum atomic E-state index is -1.24. The standard InChI is InChI=1S/C27H41N9O5/c1-16(2)11-21(35-23(37)19(28)12-17-7-4-3-5-8-17)24(38)36-22(13-18-14-31-15-33-18)25(39)34-20(26(40)41)9-6-10-32-27(29)30/h3-5,7-8,14-16,19-22H,6,9-13,28H2,1-2H3,(H,31,33)(H,34,39)(H,35,37)(H,36,38)(H,40,41)(H4,29,30,32). The number of carbonyl (C=O) groups is 4. The molecule has 0 fully saturated rings. The van der Waals surface area contributed by atoms with E-state index in [1.807, 2.05) is 44.2 Å². The molecule has 0 aliphatic heterocycles. The van der Waals surface area contributed by atoms with Gasteiger partial charge in [-0.1, -0.05) is 44.2 Å². The van der Waals surface area contributed by atoms with Crippen LogP contribution in [0.25, 0.3) is 0 Å². The second-order valence-electron chi connectivity index (χ2n) is 10.2. The number of carboxylic acids is 1. The maximum atomic E-state index is 13.4. The fraction of sp³-hybridized carbons (Fsp3) is 0.481. The molecule has 0 radical (unpaired) electrons. The number of nitrogens with zero attached hydrogens (tertiary/aromatic N) is 2. The Morgan fingerprint density at radius 2 is 1.59 bits per heavy atom. The van der Waals surface area contributed by atoms with Crippen molar-refractivity contribution in [3.8, 4) is 0 Å². The van der Waals surface area contributed by atoms with E-state index in [1.54, 1.807) is 0 Å². The number of benzene rings is 1. The first kappa shape index (κ1) is 32.8. The van der Waals surface area contributed by atoms with Crippen molar-refractivity contribution in [2.75, 3.05) is 6.54 Å². The highest BCUT2D eigenvalue weighted by atomic mass is 16.4. The molecular weight excluding hydrogens is 530 g/mol. The van der Waals surface area contributed by atoms with Gasteiger partial charge in [-0.25, -0.2) is 9.78 Å². The van der Waals surface area contributed by atoms with Crippen molar-refractivity contribution in [2.24, 2.45) is 28.1 Å². The summed E-state index contributed by atoms with van der Waals surface area (Å²) in [6.45, 7) is 3.98. The number of carboxylic acid groups (broad SMARTS) is 1. The zero-order valence-electron chi connectivity index (χ0n) is 23.4. The van der Waals surface area contributed by atoms with Crippen LogP contribution in [0.15, 0.2) is 47.8 Å². The Kier molecular flexibility index (Phi) is 13.3. The van der Waals surface area contributed by atoms with Gasteiger partial charge >= 0.3 is 5.97 Å². The third-order valence-electron chi connectivity index (χ3n) is 6.15. The van der Waals surface area contributed by atoms with E-state index < -0.39 is 47.9 Å². The van der Waals surface area contributed by atoms with Crippen molar-refractivity contribution >= 4 is 29.7 Å². The summed E-state index contributed by atoms with van der Waals surface area (Å²) >= 11 is 0. The average Bonchev–Trinajstić information content (AvgIpc) is 3.42. The molecule has 41 heavy (non-hydrogen) atoms. The summed E-state index contributed by atoms with van der Waals surface area (Å²) in [6.07, 6.45) is 3.86. The summed E-state index contributed by atoms with van der Waals surface area (Å²) in [5.74, 6) is -3.15. The fourth-order valence-corrected chi connectivity index (χ4v) is 4.07. The number of rotatable bonds is 17. The number of amides is 3. The lowest BCUT2D eigenvalue weighted by atomic mass is 10.0. The predicted molar refractivity (Wildman–Crippen MR) is 153 cm³/mol. The molecule has 14 heteroatoms. The van der Waals surface area contributed by atoms with Gasteiger partial charge in [0.05, 0.1) is 12.4 Å². The lowest BCUT2D eigenvalue weighted by molar-refractivity contribution is -0.142. The summed E-state index contributed by atoms with van der Waals surface area (Å²) in [4.78, 5) is 62.0. The molecule has 0 saturated carbocycles. The first-order chi connectivity index (χ1) is 19.5. The van der Waals surface area contributed by atoms with Gasteiger partial charge in [0.2, 0.25) is 17.7 Å². The topological polar surface area (TPSA) is 244 Å². The Morgan fingerprint density at radius 1 is 0.951 bits per heavy atom. The molecule has 11 N–H and O–H groups in total. The van der Waals surface area contributed by atoms with Gasteiger partial charge in [-0.2, -0.15) is 0 Å². The summed E-state index contributed by atoms with van der Waals surface area (Å²) in [7, 11) is 0. The highest BCUT2D eigenvalue weighted by molar-refractivity contribution is 5.94. The lowest BCUT2D eigenvalue weighted by Crippen LogP contribution is -2.58. The highest BCUT2D eigenvalue weighted by Crippen LogP contribution is 2.09. The van der Waals surface area contributed by atoms with Crippen LogP contribution in [-0.2, 0) is 32.0 Å². The lowest BCUT2D eigenvalue weighted by Gasteiger charge is -2.26. The number of carbonyl (C=O) groups excluding carboxylic acids is 3. The molecule has 0 aliphatic rings. The second kappa shape index (κ2) is 16.6. The minimum absolute atomic E-state index is 0.00772. The molecule has 0 spiro atoms. The molecule has 2 aromatic rings. The van der Waals surface area contributed by atoms with Gasteiger partial charge in [0, 0.05) is 24.9 Å². The zero-order valence-corrected chi connectivity index (χ0v) is 23.4. The van der Waals surface area contributed by atoms with E-state index in [1.165, 1.54) is 12.5 Å². The first-order valence-electron chi connectivity index (χ1n) is 13.4. The number of hydrogen-bond donors (Lipinski definition) is 8. The van der Waals surface area contributed by atoms with Crippen LogP contribution in [0.4, 0.5) is 0 Å². The van der Waals surface area contributed by atoms with E-state index in [0.717, 1.165) is 5.56 Å². The largest absolute Gasteiger partial charge is 0.480 e. The van der Waals surface area contributed by atoms with Gasteiger partial charge in [-0.05, 0) is 37.2 Å². The monoisotopic (exact) mass is 571 g/mol. The van der Waals surface area contributed by atoms with E-state index in [2.05, 4.69) is 30.9 Å². The van der Waals surface area contributed by atoms with Crippen molar-refractivity contribution in [3.05, 3.63) is 54.1 Å². The number of aromatic nitrogens is 2. The molecule has 1 heterocycles. The number of guanidine groups is 1. The van der Waals surface area contributed by atoms with E-state index in [0.29, 0.717) is 12.1 Å². The Balaban J connectivity index is 2.14. The van der Waals surface area contributed by atoms with Crippen LogP contribution in [0.2, 0.25) is 0 Å². The van der Waals surface area contributed by atoms with E-state index >= 15 is 0 Å². The molecule has 2 rings (SSSR count). The Hall–Kier alpha value is -4.46. The first-order valence-corrected chi connectivity index (χ1v) is 13.4. The van der Waals surface area contributed by atoms with Crippen molar-refractivity contribution < 1.29 is 24.3 Å². The third-order valence-corrected chi connectivity index (χ3v) is 6.15. The number of nitrogens with one attached hydrogen (secondary N) is 4. The van der Waals surface area contributed by atoms with Gasteiger partial charge < -0.3 is 43.2 Å². The van der Waals surface area contributed by atoms with Crippen LogP contribution in [0.1, 0.15) is 44.4 Å².